The van der Waals surface area contributed by atoms with E-state index in [1.54, 1.807) is 13.8 Å². The molecule has 0 atom stereocenters. The van der Waals surface area contributed by atoms with Crippen LogP contribution in [0.4, 0.5) is 4.39 Å². The van der Waals surface area contributed by atoms with Gasteiger partial charge in [-0.3, -0.25) is 4.79 Å². The molecule has 1 aromatic carbocycles. The Morgan fingerprint density at radius 2 is 1.78 bits per heavy atom. The molecule has 0 radical (unpaired) electrons. The Balaban J connectivity index is 2.50. The second-order valence-corrected chi connectivity index (χ2v) is 7.13. The predicted molar refractivity (Wildman–Crippen MR) is 68.9 cm³/mol. The summed E-state index contributed by atoms with van der Waals surface area (Å²) in [6, 6.07) is 5.26. The van der Waals surface area contributed by atoms with Crippen molar-refractivity contribution in [1.29, 1.82) is 0 Å². The molecule has 0 aliphatic carbocycles. The molecule has 0 unspecified atom stereocenters. The molecule has 0 aliphatic heterocycles. The van der Waals surface area contributed by atoms with E-state index in [9.17, 15) is 17.6 Å². The summed E-state index contributed by atoms with van der Waals surface area (Å²) in [7, 11) is -3.09. The summed E-state index contributed by atoms with van der Waals surface area (Å²) in [5, 5.41) is -0.418. The zero-order chi connectivity index (χ0) is 13.8. The van der Waals surface area contributed by atoms with Crippen LogP contribution in [0.3, 0.4) is 0 Å². The molecule has 1 aromatic rings. The highest BCUT2D eigenvalue weighted by molar-refractivity contribution is 7.91. The Morgan fingerprint density at radius 3 is 2.28 bits per heavy atom. The summed E-state index contributed by atoms with van der Waals surface area (Å²) in [6.45, 7) is 3.24. The molecule has 18 heavy (non-hydrogen) atoms. The van der Waals surface area contributed by atoms with Crippen LogP contribution in [0.1, 0.15) is 37.0 Å². The third-order valence-corrected chi connectivity index (χ3v) is 5.01. The second-order valence-electron chi connectivity index (χ2n) is 4.45. The molecular formula is C13H17FO3S. The van der Waals surface area contributed by atoms with Crippen molar-refractivity contribution in [2.75, 3.05) is 5.75 Å². The van der Waals surface area contributed by atoms with E-state index < -0.39 is 20.9 Å². The van der Waals surface area contributed by atoms with E-state index in [2.05, 4.69) is 0 Å². The fourth-order valence-electron chi connectivity index (χ4n) is 1.45. The summed E-state index contributed by atoms with van der Waals surface area (Å²) in [6.07, 6.45) is 0.467. The number of rotatable bonds is 6. The maximum absolute atomic E-state index is 12.7. The highest BCUT2D eigenvalue weighted by atomic mass is 32.2. The number of ketones is 1. The van der Waals surface area contributed by atoms with E-state index in [-0.39, 0.29) is 18.0 Å². The van der Waals surface area contributed by atoms with Crippen LogP contribution in [0.2, 0.25) is 0 Å². The lowest BCUT2D eigenvalue weighted by atomic mass is 10.1. The van der Waals surface area contributed by atoms with Gasteiger partial charge >= 0.3 is 0 Å². The summed E-state index contributed by atoms with van der Waals surface area (Å²) in [5.74, 6) is -0.541. The van der Waals surface area contributed by atoms with Crippen molar-refractivity contribution in [2.24, 2.45) is 0 Å². The van der Waals surface area contributed by atoms with Gasteiger partial charge in [-0.05, 0) is 44.5 Å². The van der Waals surface area contributed by atoms with Crippen molar-refractivity contribution >= 4 is 15.6 Å². The van der Waals surface area contributed by atoms with E-state index >= 15 is 0 Å². The lowest BCUT2D eigenvalue weighted by Crippen LogP contribution is -2.18. The fraction of sp³-hybridized carbons (Fsp3) is 0.462. The first kappa shape index (κ1) is 14.8. The Kier molecular flexibility index (Phi) is 5.02. The minimum atomic E-state index is -3.09. The van der Waals surface area contributed by atoms with Gasteiger partial charge in [0, 0.05) is 12.0 Å². The Bertz CT molecular complexity index is 504. The molecule has 100 valence electrons. The van der Waals surface area contributed by atoms with Crippen LogP contribution in [0.15, 0.2) is 24.3 Å². The molecule has 0 N–H and O–H groups in total. The largest absolute Gasteiger partial charge is 0.294 e. The molecule has 3 nitrogen and oxygen atoms in total. The minimum Gasteiger partial charge on any atom is -0.294 e. The standard InChI is InChI=1S/C13H17FO3S/c1-10(2)18(16,17)9-3-4-13(15)11-5-7-12(14)8-6-11/h5-8,10H,3-4,9H2,1-2H3. The normalized spacial score (nSPS) is 11.8. The van der Waals surface area contributed by atoms with Gasteiger partial charge in [0.25, 0.3) is 0 Å². The van der Waals surface area contributed by atoms with E-state index in [0.717, 1.165) is 0 Å². The molecule has 0 fully saturated rings. The van der Waals surface area contributed by atoms with Gasteiger partial charge in [-0.2, -0.15) is 0 Å². The molecular weight excluding hydrogens is 255 g/mol. The van der Waals surface area contributed by atoms with Crippen LogP contribution in [-0.4, -0.2) is 25.2 Å². The van der Waals surface area contributed by atoms with Crippen molar-refractivity contribution in [3.8, 4) is 0 Å². The molecule has 0 saturated carbocycles. The summed E-state index contributed by atoms with van der Waals surface area (Å²) >= 11 is 0. The zero-order valence-corrected chi connectivity index (χ0v) is 11.3. The number of hydrogen-bond acceptors (Lipinski definition) is 3. The van der Waals surface area contributed by atoms with Gasteiger partial charge in [-0.15, -0.1) is 0 Å². The van der Waals surface area contributed by atoms with Crippen molar-refractivity contribution in [2.45, 2.75) is 31.9 Å². The molecule has 0 amide bonds. The van der Waals surface area contributed by atoms with Crippen LogP contribution < -0.4 is 0 Å². The van der Waals surface area contributed by atoms with Crippen LogP contribution in [0.5, 0.6) is 0 Å². The van der Waals surface area contributed by atoms with Gasteiger partial charge in [0.05, 0.1) is 11.0 Å². The van der Waals surface area contributed by atoms with Crippen molar-refractivity contribution in [1.82, 2.24) is 0 Å². The molecule has 0 heterocycles. The first-order valence-electron chi connectivity index (χ1n) is 5.83. The van der Waals surface area contributed by atoms with Crippen molar-refractivity contribution < 1.29 is 17.6 Å². The number of benzene rings is 1. The van der Waals surface area contributed by atoms with E-state index in [0.29, 0.717) is 12.0 Å². The SMILES string of the molecule is CC(C)S(=O)(=O)CCCC(=O)c1ccc(F)cc1. The van der Waals surface area contributed by atoms with Gasteiger partial charge in [-0.25, -0.2) is 12.8 Å². The zero-order valence-electron chi connectivity index (χ0n) is 10.5. The number of carbonyl (C=O) groups excluding carboxylic acids is 1. The van der Waals surface area contributed by atoms with Crippen molar-refractivity contribution in [3.63, 3.8) is 0 Å². The lowest BCUT2D eigenvalue weighted by Gasteiger charge is -2.06. The van der Waals surface area contributed by atoms with E-state index in [1.807, 2.05) is 0 Å². The molecule has 0 bridgehead atoms. The number of carbonyl (C=O) groups is 1. The third kappa shape index (κ3) is 4.22. The predicted octanol–water partition coefficient (Wildman–Crippen LogP) is 2.61. The van der Waals surface area contributed by atoms with E-state index in [1.165, 1.54) is 24.3 Å². The quantitative estimate of drug-likeness (QED) is 0.748. The summed E-state index contributed by atoms with van der Waals surface area (Å²) in [4.78, 5) is 11.7. The van der Waals surface area contributed by atoms with Gasteiger partial charge in [-0.1, -0.05) is 0 Å². The maximum Gasteiger partial charge on any atom is 0.162 e. The molecule has 5 heteroatoms. The van der Waals surface area contributed by atoms with Crippen molar-refractivity contribution in [3.05, 3.63) is 35.6 Å². The fourth-order valence-corrected chi connectivity index (χ4v) is 2.47. The van der Waals surface area contributed by atoms with Gasteiger partial charge in [0.2, 0.25) is 0 Å². The number of hydrogen-bond donors (Lipinski definition) is 0. The van der Waals surface area contributed by atoms with Crippen LogP contribution in [0, 0.1) is 5.82 Å². The molecule has 1 rings (SSSR count). The number of sulfone groups is 1. The molecule has 0 aromatic heterocycles. The maximum atomic E-state index is 12.7. The lowest BCUT2D eigenvalue weighted by molar-refractivity contribution is 0.0982. The summed E-state index contributed by atoms with van der Waals surface area (Å²) < 4.78 is 35.7. The molecule has 0 saturated heterocycles. The van der Waals surface area contributed by atoms with Gasteiger partial charge in [0.15, 0.2) is 15.6 Å². The Labute approximate surface area is 107 Å². The van der Waals surface area contributed by atoms with Gasteiger partial charge in [0.1, 0.15) is 5.82 Å². The second kappa shape index (κ2) is 6.09. The smallest absolute Gasteiger partial charge is 0.162 e. The minimum absolute atomic E-state index is 0.0115. The summed E-state index contributed by atoms with van der Waals surface area (Å²) in [5.41, 5.74) is 0.415. The molecule has 0 aliphatic rings. The topological polar surface area (TPSA) is 51.2 Å². The Hall–Kier alpha value is -1.23. The van der Waals surface area contributed by atoms with Gasteiger partial charge < -0.3 is 0 Å². The Morgan fingerprint density at radius 1 is 1.22 bits per heavy atom. The average molecular weight is 272 g/mol. The van der Waals surface area contributed by atoms with Crippen LogP contribution >= 0.6 is 0 Å². The highest BCUT2D eigenvalue weighted by Crippen LogP contribution is 2.10. The average Bonchev–Trinajstić information content (AvgIpc) is 2.29. The highest BCUT2D eigenvalue weighted by Gasteiger charge is 2.16. The first-order chi connectivity index (χ1) is 8.33. The van der Waals surface area contributed by atoms with Crippen LogP contribution in [0.25, 0.3) is 0 Å². The number of Topliss-reactive ketones (excluding diaryl/α,β-unsaturated/α-hetero) is 1. The third-order valence-electron chi connectivity index (χ3n) is 2.72. The number of halogens is 1. The molecule has 0 spiro atoms. The first-order valence-corrected chi connectivity index (χ1v) is 7.55. The van der Waals surface area contributed by atoms with E-state index in [4.69, 9.17) is 0 Å². The monoisotopic (exact) mass is 272 g/mol. The van der Waals surface area contributed by atoms with Crippen LogP contribution in [-0.2, 0) is 9.84 Å².